The Morgan fingerprint density at radius 3 is 2.34 bits per heavy atom. The summed E-state index contributed by atoms with van der Waals surface area (Å²) in [7, 11) is 1.84. The molecule has 0 aromatic carbocycles. The highest BCUT2D eigenvalue weighted by Crippen LogP contribution is 2.25. The van der Waals surface area contributed by atoms with E-state index in [1.54, 1.807) is 11.2 Å². The normalized spacial score (nSPS) is 22.1. The number of nitrogens with zero attached hydrogens (tertiary/aromatic N) is 5. The first kappa shape index (κ1) is 19.9. The fourth-order valence-corrected chi connectivity index (χ4v) is 4.57. The van der Waals surface area contributed by atoms with E-state index >= 15 is 0 Å². The van der Waals surface area contributed by atoms with E-state index in [4.69, 9.17) is 0 Å². The predicted octanol–water partition coefficient (Wildman–Crippen LogP) is 1.42. The molecule has 0 spiro atoms. The van der Waals surface area contributed by atoms with Gasteiger partial charge in [0.25, 0.3) is 0 Å². The summed E-state index contributed by atoms with van der Waals surface area (Å²) in [4.78, 5) is 39.4. The maximum atomic E-state index is 12.5. The molecule has 0 atom stereocenters. The molecule has 0 bridgehead atoms. The van der Waals surface area contributed by atoms with Crippen LogP contribution in [0, 0.1) is 5.92 Å². The van der Waals surface area contributed by atoms with Crippen molar-refractivity contribution in [1.29, 1.82) is 0 Å². The van der Waals surface area contributed by atoms with Crippen LogP contribution < -0.4 is 15.1 Å². The molecule has 1 aliphatic carbocycles. The van der Waals surface area contributed by atoms with Crippen molar-refractivity contribution in [2.24, 2.45) is 5.92 Å². The molecule has 1 aromatic heterocycles. The maximum Gasteiger partial charge on any atom is 0.241 e. The van der Waals surface area contributed by atoms with Gasteiger partial charge in [-0.2, -0.15) is 0 Å². The van der Waals surface area contributed by atoms with Gasteiger partial charge in [0.1, 0.15) is 18.0 Å². The monoisotopic (exact) mass is 400 g/mol. The number of piperidine rings is 1. The van der Waals surface area contributed by atoms with Crippen molar-refractivity contribution in [2.45, 2.75) is 51.0 Å². The zero-order valence-electron chi connectivity index (χ0n) is 17.3. The van der Waals surface area contributed by atoms with Gasteiger partial charge in [0.2, 0.25) is 11.8 Å². The summed E-state index contributed by atoms with van der Waals surface area (Å²) in [6, 6.07) is 2.25. The predicted molar refractivity (Wildman–Crippen MR) is 112 cm³/mol. The number of amides is 2. The minimum atomic E-state index is 0.117. The molecular weight excluding hydrogens is 368 g/mol. The summed E-state index contributed by atoms with van der Waals surface area (Å²) < 4.78 is 0. The molecule has 2 aliphatic heterocycles. The van der Waals surface area contributed by atoms with E-state index in [9.17, 15) is 9.59 Å². The minimum Gasteiger partial charge on any atom is -0.356 e. The lowest BCUT2D eigenvalue weighted by molar-refractivity contribution is -0.129. The summed E-state index contributed by atoms with van der Waals surface area (Å²) in [5, 5.41) is 3.28. The van der Waals surface area contributed by atoms with Crippen molar-refractivity contribution in [3.05, 3.63) is 12.4 Å². The molecular formula is C21H32N6O2. The molecule has 158 valence electrons. The standard InChI is InChI=1S/C21H32N6O2/c1-25-11-12-27(14-20(25)28)19-13-18(22-15-23-19)26-9-7-17(8-10-26)24-21(29)16-5-3-2-4-6-16/h13,15-17H,2-12,14H2,1H3,(H,24,29). The Morgan fingerprint density at radius 1 is 0.966 bits per heavy atom. The summed E-state index contributed by atoms with van der Waals surface area (Å²) in [5.74, 6) is 2.30. The summed E-state index contributed by atoms with van der Waals surface area (Å²) in [6.07, 6.45) is 9.19. The van der Waals surface area contributed by atoms with E-state index in [1.807, 2.05) is 18.0 Å². The van der Waals surface area contributed by atoms with E-state index in [-0.39, 0.29) is 23.8 Å². The van der Waals surface area contributed by atoms with Gasteiger partial charge in [-0.1, -0.05) is 19.3 Å². The molecule has 29 heavy (non-hydrogen) atoms. The third kappa shape index (κ3) is 4.79. The number of carbonyl (C=O) groups is 2. The Kier molecular flexibility index (Phi) is 6.16. The number of likely N-dealkylation sites (N-methyl/N-ethyl adjacent to an activating group) is 1. The van der Waals surface area contributed by atoms with Crippen LogP contribution in [0.5, 0.6) is 0 Å². The first-order valence-electron chi connectivity index (χ1n) is 11.0. The van der Waals surface area contributed by atoms with Crippen LogP contribution in [-0.4, -0.2) is 72.5 Å². The molecule has 1 N–H and O–H groups in total. The van der Waals surface area contributed by atoms with Gasteiger partial charge in [0.15, 0.2) is 0 Å². The molecule has 2 saturated heterocycles. The van der Waals surface area contributed by atoms with Crippen molar-refractivity contribution >= 4 is 23.5 Å². The highest BCUT2D eigenvalue weighted by Gasteiger charge is 2.27. The van der Waals surface area contributed by atoms with Crippen LogP contribution in [0.25, 0.3) is 0 Å². The summed E-state index contributed by atoms with van der Waals surface area (Å²) in [6.45, 7) is 3.60. The van der Waals surface area contributed by atoms with Gasteiger partial charge in [-0.05, 0) is 25.7 Å². The van der Waals surface area contributed by atoms with E-state index < -0.39 is 0 Å². The lowest BCUT2D eigenvalue weighted by atomic mass is 9.88. The number of hydrogen-bond acceptors (Lipinski definition) is 6. The van der Waals surface area contributed by atoms with Gasteiger partial charge in [-0.25, -0.2) is 9.97 Å². The summed E-state index contributed by atoms with van der Waals surface area (Å²) >= 11 is 0. The van der Waals surface area contributed by atoms with Gasteiger partial charge in [0.05, 0.1) is 6.54 Å². The van der Waals surface area contributed by atoms with E-state index in [0.717, 1.165) is 57.0 Å². The second-order valence-corrected chi connectivity index (χ2v) is 8.58. The Balaban J connectivity index is 1.30. The molecule has 1 aromatic rings. The SMILES string of the molecule is CN1CCN(c2cc(N3CCC(NC(=O)C4CCCCC4)CC3)ncn2)CC1=O. The molecule has 3 aliphatic rings. The van der Waals surface area contributed by atoms with Crippen LogP contribution in [0.4, 0.5) is 11.6 Å². The zero-order valence-corrected chi connectivity index (χ0v) is 17.3. The van der Waals surface area contributed by atoms with Crippen LogP contribution >= 0.6 is 0 Å². The minimum absolute atomic E-state index is 0.117. The number of piperazine rings is 1. The number of rotatable bonds is 4. The number of nitrogens with one attached hydrogen (secondary N) is 1. The van der Waals surface area contributed by atoms with Crippen molar-refractivity contribution < 1.29 is 9.59 Å². The fraction of sp³-hybridized carbons (Fsp3) is 0.714. The van der Waals surface area contributed by atoms with Crippen LogP contribution in [0.3, 0.4) is 0 Å². The third-order valence-electron chi connectivity index (χ3n) is 6.56. The van der Waals surface area contributed by atoms with Crippen LogP contribution in [0.2, 0.25) is 0 Å². The zero-order chi connectivity index (χ0) is 20.2. The van der Waals surface area contributed by atoms with Gasteiger partial charge in [0, 0.05) is 51.3 Å². The quantitative estimate of drug-likeness (QED) is 0.823. The molecule has 8 heteroatoms. The Hall–Kier alpha value is -2.38. The Labute approximate surface area is 172 Å². The second-order valence-electron chi connectivity index (χ2n) is 8.58. The largest absolute Gasteiger partial charge is 0.356 e. The average molecular weight is 401 g/mol. The first-order chi connectivity index (χ1) is 14.1. The Bertz CT molecular complexity index is 728. The van der Waals surface area contributed by atoms with Gasteiger partial charge in [-0.15, -0.1) is 0 Å². The number of anilines is 2. The van der Waals surface area contributed by atoms with Crippen molar-refractivity contribution in [2.75, 3.05) is 49.6 Å². The number of aromatic nitrogens is 2. The fourth-order valence-electron chi connectivity index (χ4n) is 4.57. The highest BCUT2D eigenvalue weighted by molar-refractivity contribution is 5.82. The number of carbonyl (C=O) groups excluding carboxylic acids is 2. The molecule has 4 rings (SSSR count). The van der Waals surface area contributed by atoms with Gasteiger partial charge >= 0.3 is 0 Å². The van der Waals surface area contributed by atoms with Crippen molar-refractivity contribution in [1.82, 2.24) is 20.2 Å². The van der Waals surface area contributed by atoms with Gasteiger partial charge < -0.3 is 20.0 Å². The molecule has 2 amide bonds. The first-order valence-corrected chi connectivity index (χ1v) is 11.0. The summed E-state index contributed by atoms with van der Waals surface area (Å²) in [5.41, 5.74) is 0. The molecule has 3 fully saturated rings. The number of hydrogen-bond donors (Lipinski definition) is 1. The lowest BCUT2D eigenvalue weighted by Crippen LogP contribution is -2.49. The van der Waals surface area contributed by atoms with Crippen molar-refractivity contribution in [3.8, 4) is 0 Å². The smallest absolute Gasteiger partial charge is 0.241 e. The maximum absolute atomic E-state index is 12.5. The highest BCUT2D eigenvalue weighted by atomic mass is 16.2. The average Bonchev–Trinajstić information content (AvgIpc) is 2.77. The van der Waals surface area contributed by atoms with Crippen LogP contribution in [0.1, 0.15) is 44.9 Å². The van der Waals surface area contributed by atoms with E-state index in [2.05, 4.69) is 20.2 Å². The van der Waals surface area contributed by atoms with Crippen molar-refractivity contribution in [3.63, 3.8) is 0 Å². The molecule has 0 radical (unpaired) electrons. The topological polar surface area (TPSA) is 81.7 Å². The lowest BCUT2D eigenvalue weighted by Gasteiger charge is -2.35. The third-order valence-corrected chi connectivity index (χ3v) is 6.56. The van der Waals surface area contributed by atoms with Gasteiger partial charge in [-0.3, -0.25) is 9.59 Å². The Morgan fingerprint density at radius 2 is 1.66 bits per heavy atom. The molecule has 3 heterocycles. The molecule has 0 unspecified atom stereocenters. The van der Waals surface area contributed by atoms with Crippen LogP contribution in [0.15, 0.2) is 12.4 Å². The molecule has 1 saturated carbocycles. The van der Waals surface area contributed by atoms with E-state index in [0.29, 0.717) is 13.1 Å². The molecule has 8 nitrogen and oxygen atoms in total. The second kappa shape index (κ2) is 8.97. The van der Waals surface area contributed by atoms with E-state index in [1.165, 1.54) is 19.3 Å². The van der Waals surface area contributed by atoms with Crippen LogP contribution in [-0.2, 0) is 9.59 Å².